The second-order valence-corrected chi connectivity index (χ2v) is 9.76. The number of hydrogen-bond acceptors (Lipinski definition) is 7. The third kappa shape index (κ3) is 5.34. The Morgan fingerprint density at radius 2 is 1.61 bits per heavy atom. The molecule has 0 saturated carbocycles. The van der Waals surface area contributed by atoms with Crippen LogP contribution in [0, 0.1) is 13.8 Å². The SMILES string of the molecule is Cc1cc(C(=O)COC(=O)c2nc(-c3ccccc3)n(-c3ccccc3)n2)c(C)n1CC1COc2ccccc2O1. The number of aromatic nitrogens is 4. The van der Waals surface area contributed by atoms with Gasteiger partial charge >= 0.3 is 5.97 Å². The van der Waals surface area contributed by atoms with Crippen molar-refractivity contribution in [1.29, 1.82) is 0 Å². The summed E-state index contributed by atoms with van der Waals surface area (Å²) in [6.45, 7) is 4.29. The fourth-order valence-electron chi connectivity index (χ4n) is 4.92. The van der Waals surface area contributed by atoms with Crippen molar-refractivity contribution >= 4 is 11.8 Å². The van der Waals surface area contributed by atoms with Crippen LogP contribution < -0.4 is 9.47 Å². The van der Waals surface area contributed by atoms with Crippen LogP contribution in [0.1, 0.15) is 32.4 Å². The maximum absolute atomic E-state index is 13.1. The molecule has 3 heterocycles. The van der Waals surface area contributed by atoms with Gasteiger partial charge in [-0.1, -0.05) is 60.7 Å². The van der Waals surface area contributed by atoms with Crippen molar-refractivity contribution in [1.82, 2.24) is 19.3 Å². The van der Waals surface area contributed by atoms with E-state index in [0.29, 0.717) is 30.3 Å². The second kappa shape index (κ2) is 11.1. The van der Waals surface area contributed by atoms with Crippen molar-refractivity contribution in [2.75, 3.05) is 13.2 Å². The van der Waals surface area contributed by atoms with Gasteiger partial charge in [0.1, 0.15) is 6.61 Å². The van der Waals surface area contributed by atoms with Gasteiger partial charge in [0.25, 0.3) is 5.82 Å². The largest absolute Gasteiger partial charge is 0.486 e. The molecule has 1 atom stereocenters. The van der Waals surface area contributed by atoms with E-state index in [1.165, 1.54) is 0 Å². The van der Waals surface area contributed by atoms with E-state index in [9.17, 15) is 9.59 Å². The summed E-state index contributed by atoms with van der Waals surface area (Å²) in [5, 5.41) is 4.41. The summed E-state index contributed by atoms with van der Waals surface area (Å²) in [4.78, 5) is 30.6. The first-order valence-electron chi connectivity index (χ1n) is 13.3. The molecule has 0 amide bonds. The predicted octanol–water partition coefficient (Wildman–Crippen LogP) is 5.23. The number of esters is 1. The van der Waals surface area contributed by atoms with E-state index in [0.717, 1.165) is 28.4 Å². The first-order valence-corrected chi connectivity index (χ1v) is 13.3. The average molecular weight is 549 g/mol. The third-order valence-electron chi connectivity index (χ3n) is 6.98. The van der Waals surface area contributed by atoms with E-state index in [1.807, 2.05) is 103 Å². The van der Waals surface area contributed by atoms with Crippen LogP contribution in [0.25, 0.3) is 17.1 Å². The van der Waals surface area contributed by atoms with Crippen LogP contribution >= 0.6 is 0 Å². The number of benzene rings is 3. The van der Waals surface area contributed by atoms with Gasteiger partial charge in [0.05, 0.1) is 12.2 Å². The van der Waals surface area contributed by atoms with Crippen molar-refractivity contribution in [2.45, 2.75) is 26.5 Å². The van der Waals surface area contributed by atoms with Crippen LogP contribution in [-0.4, -0.2) is 50.4 Å². The Morgan fingerprint density at radius 3 is 2.37 bits per heavy atom. The second-order valence-electron chi connectivity index (χ2n) is 9.76. The Hall–Kier alpha value is -5.18. The van der Waals surface area contributed by atoms with Gasteiger partial charge in [-0.3, -0.25) is 4.79 Å². The number of rotatable bonds is 8. The van der Waals surface area contributed by atoms with E-state index >= 15 is 0 Å². The van der Waals surface area contributed by atoms with Gasteiger partial charge < -0.3 is 18.8 Å². The number of Topliss-reactive ketones (excluding diaryl/α,β-unsaturated/α-hetero) is 1. The molecule has 0 fully saturated rings. The smallest absolute Gasteiger partial charge is 0.378 e. The van der Waals surface area contributed by atoms with Crippen molar-refractivity contribution in [3.63, 3.8) is 0 Å². The Balaban J connectivity index is 1.16. The highest BCUT2D eigenvalue weighted by Crippen LogP contribution is 2.31. The van der Waals surface area contributed by atoms with Gasteiger partial charge in [-0.05, 0) is 44.2 Å². The molecule has 0 saturated heterocycles. The first-order chi connectivity index (χ1) is 20.0. The summed E-state index contributed by atoms with van der Waals surface area (Å²) in [6, 6.07) is 28.2. The van der Waals surface area contributed by atoms with Gasteiger partial charge in [0.15, 0.2) is 30.0 Å². The molecular weight excluding hydrogens is 520 g/mol. The van der Waals surface area contributed by atoms with Crippen molar-refractivity contribution in [3.05, 3.63) is 114 Å². The molecule has 41 heavy (non-hydrogen) atoms. The zero-order valence-electron chi connectivity index (χ0n) is 22.7. The molecule has 0 bridgehead atoms. The van der Waals surface area contributed by atoms with Crippen molar-refractivity contribution in [2.24, 2.45) is 0 Å². The van der Waals surface area contributed by atoms with Crippen LogP contribution in [0.4, 0.5) is 0 Å². The molecule has 1 aliphatic rings. The van der Waals surface area contributed by atoms with E-state index in [2.05, 4.69) is 10.1 Å². The van der Waals surface area contributed by atoms with Crippen molar-refractivity contribution in [3.8, 4) is 28.6 Å². The molecule has 1 unspecified atom stereocenters. The molecule has 206 valence electrons. The Morgan fingerprint density at radius 1 is 0.927 bits per heavy atom. The molecule has 0 aliphatic carbocycles. The van der Waals surface area contributed by atoms with E-state index in [1.54, 1.807) is 10.7 Å². The lowest BCUT2D eigenvalue weighted by molar-refractivity contribution is 0.0462. The standard InChI is InChI=1S/C32H28N4O5/c1-21-17-26(22(2)35(21)18-25-19-39-28-15-9-10-16-29(28)41-25)27(37)20-40-32(38)30-33-31(23-11-5-3-6-12-23)36(34-30)24-13-7-4-8-14-24/h3-17,25H,18-20H2,1-2H3. The number of fused-ring (bicyclic) bond motifs is 1. The zero-order valence-corrected chi connectivity index (χ0v) is 22.7. The number of carbonyl (C=O) groups excluding carboxylic acids is 2. The fraction of sp³-hybridized carbons (Fsp3) is 0.188. The van der Waals surface area contributed by atoms with E-state index in [-0.39, 0.29) is 17.7 Å². The molecule has 3 aromatic carbocycles. The maximum atomic E-state index is 13.1. The van der Waals surface area contributed by atoms with Crippen LogP contribution in [0.5, 0.6) is 11.5 Å². The summed E-state index contributed by atoms with van der Waals surface area (Å²) in [7, 11) is 0. The number of para-hydroxylation sites is 3. The molecule has 5 aromatic rings. The van der Waals surface area contributed by atoms with Crippen LogP contribution in [0.2, 0.25) is 0 Å². The third-order valence-corrected chi connectivity index (χ3v) is 6.98. The Kier molecular flexibility index (Phi) is 7.08. The van der Waals surface area contributed by atoms with Crippen LogP contribution in [0.15, 0.2) is 91.0 Å². The Labute approximate surface area is 236 Å². The molecule has 6 rings (SSSR count). The van der Waals surface area contributed by atoms with Crippen LogP contribution in [0.3, 0.4) is 0 Å². The minimum atomic E-state index is -0.773. The summed E-state index contributed by atoms with van der Waals surface area (Å²) in [6.07, 6.45) is -0.208. The number of ether oxygens (including phenoxy) is 3. The highest BCUT2D eigenvalue weighted by atomic mass is 16.6. The van der Waals surface area contributed by atoms with Gasteiger partial charge in [0, 0.05) is 22.5 Å². The number of nitrogens with zero attached hydrogens (tertiary/aromatic N) is 4. The van der Waals surface area contributed by atoms with Crippen molar-refractivity contribution < 1.29 is 23.8 Å². The van der Waals surface area contributed by atoms with E-state index < -0.39 is 12.6 Å². The van der Waals surface area contributed by atoms with E-state index in [4.69, 9.17) is 14.2 Å². The molecular formula is C32H28N4O5. The molecule has 2 aromatic heterocycles. The molecule has 0 spiro atoms. The topological polar surface area (TPSA) is 97.5 Å². The van der Waals surface area contributed by atoms with Gasteiger partial charge in [-0.15, -0.1) is 5.10 Å². The monoisotopic (exact) mass is 548 g/mol. The summed E-state index contributed by atoms with van der Waals surface area (Å²) in [5.41, 5.74) is 3.69. The summed E-state index contributed by atoms with van der Waals surface area (Å²) < 4.78 is 21.0. The highest BCUT2D eigenvalue weighted by molar-refractivity contribution is 6.00. The average Bonchev–Trinajstić information content (AvgIpc) is 3.58. The molecule has 1 aliphatic heterocycles. The maximum Gasteiger partial charge on any atom is 0.378 e. The minimum Gasteiger partial charge on any atom is -0.486 e. The highest BCUT2D eigenvalue weighted by Gasteiger charge is 2.25. The minimum absolute atomic E-state index is 0.124. The fourth-order valence-corrected chi connectivity index (χ4v) is 4.92. The lowest BCUT2D eigenvalue weighted by atomic mass is 10.1. The zero-order chi connectivity index (χ0) is 28.3. The number of hydrogen-bond donors (Lipinski definition) is 0. The van der Waals surface area contributed by atoms with Gasteiger partial charge in [0.2, 0.25) is 5.78 Å². The van der Waals surface area contributed by atoms with Gasteiger partial charge in [-0.2, -0.15) is 0 Å². The summed E-state index contributed by atoms with van der Waals surface area (Å²) in [5.74, 6) is 0.713. The Bertz CT molecular complexity index is 1650. The number of carbonyl (C=O) groups is 2. The van der Waals surface area contributed by atoms with Crippen LogP contribution in [-0.2, 0) is 11.3 Å². The molecule has 9 heteroatoms. The first kappa shape index (κ1) is 26.1. The summed E-state index contributed by atoms with van der Waals surface area (Å²) >= 11 is 0. The van der Waals surface area contributed by atoms with Gasteiger partial charge in [-0.25, -0.2) is 14.5 Å². The lowest BCUT2D eigenvalue weighted by Crippen LogP contribution is -2.33. The quantitative estimate of drug-likeness (QED) is 0.193. The molecule has 0 N–H and O–H groups in total. The number of aryl methyl sites for hydroxylation is 1. The normalized spacial score (nSPS) is 14.0. The molecule has 9 nitrogen and oxygen atoms in total. The molecule has 0 radical (unpaired) electrons. The predicted molar refractivity (Wildman–Crippen MR) is 152 cm³/mol. The lowest BCUT2D eigenvalue weighted by Gasteiger charge is -2.27. The number of ketones is 1.